The van der Waals surface area contributed by atoms with Gasteiger partial charge >= 0.3 is 11.9 Å². The first kappa shape index (κ1) is 20.7. The second-order valence-electron chi connectivity index (χ2n) is 6.24. The minimum atomic E-state index is -1.39. The SMILES string of the molecule is C=C(Oc1c(Cc2ccc(F)cc2)cnc2cc(C(=O)OCC)c(=O)[nH]c12)C(=O)O. The molecule has 9 heteroatoms. The Morgan fingerprint density at radius 1 is 1.27 bits per heavy atom. The summed E-state index contributed by atoms with van der Waals surface area (Å²) >= 11 is 0. The molecule has 0 saturated carbocycles. The molecule has 2 heterocycles. The lowest BCUT2D eigenvalue weighted by atomic mass is 10.0. The van der Waals surface area contributed by atoms with Crippen LogP contribution >= 0.6 is 0 Å². The molecule has 1 aromatic carbocycles. The van der Waals surface area contributed by atoms with Gasteiger partial charge in [-0.2, -0.15) is 0 Å². The zero-order valence-electron chi connectivity index (χ0n) is 15.9. The molecule has 0 aliphatic rings. The topological polar surface area (TPSA) is 119 Å². The lowest BCUT2D eigenvalue weighted by Gasteiger charge is -2.14. The summed E-state index contributed by atoms with van der Waals surface area (Å²) in [6.07, 6.45) is 1.64. The smallest absolute Gasteiger partial charge is 0.371 e. The van der Waals surface area contributed by atoms with Crippen LogP contribution in [0, 0.1) is 5.82 Å². The van der Waals surface area contributed by atoms with E-state index in [2.05, 4.69) is 16.5 Å². The molecule has 2 aromatic heterocycles. The number of aromatic amines is 1. The molecule has 0 aliphatic carbocycles. The molecule has 0 saturated heterocycles. The zero-order valence-corrected chi connectivity index (χ0v) is 15.9. The number of nitrogens with one attached hydrogen (secondary N) is 1. The molecule has 0 aliphatic heterocycles. The first-order valence-electron chi connectivity index (χ1n) is 8.86. The van der Waals surface area contributed by atoms with E-state index < -0.39 is 29.1 Å². The van der Waals surface area contributed by atoms with E-state index in [1.54, 1.807) is 19.1 Å². The molecular formula is C21H17FN2O6. The summed E-state index contributed by atoms with van der Waals surface area (Å²) in [6, 6.07) is 6.93. The number of aromatic nitrogens is 2. The lowest BCUT2D eigenvalue weighted by molar-refractivity contribution is -0.135. The van der Waals surface area contributed by atoms with Gasteiger partial charge in [-0.1, -0.05) is 12.1 Å². The third-order valence-electron chi connectivity index (χ3n) is 4.17. The highest BCUT2D eigenvalue weighted by molar-refractivity contribution is 5.94. The van der Waals surface area contributed by atoms with Gasteiger partial charge in [0.15, 0.2) is 5.75 Å². The maximum absolute atomic E-state index is 13.2. The number of nitrogens with zero attached hydrogens (tertiary/aromatic N) is 1. The summed E-state index contributed by atoms with van der Waals surface area (Å²) < 4.78 is 23.5. The number of hydrogen-bond acceptors (Lipinski definition) is 6. The number of carbonyl (C=O) groups is 2. The van der Waals surface area contributed by atoms with Crippen LogP contribution in [0.2, 0.25) is 0 Å². The van der Waals surface area contributed by atoms with Gasteiger partial charge in [-0.15, -0.1) is 0 Å². The second kappa shape index (κ2) is 8.56. The number of hydrogen-bond donors (Lipinski definition) is 2. The van der Waals surface area contributed by atoms with Crippen LogP contribution in [0.4, 0.5) is 4.39 Å². The van der Waals surface area contributed by atoms with Crippen molar-refractivity contribution in [1.29, 1.82) is 0 Å². The summed E-state index contributed by atoms with van der Waals surface area (Å²) in [5.74, 6) is -3.15. The second-order valence-corrected chi connectivity index (χ2v) is 6.24. The van der Waals surface area contributed by atoms with Gasteiger partial charge in [0.2, 0.25) is 5.76 Å². The largest absolute Gasteiger partial charge is 0.475 e. The lowest BCUT2D eigenvalue weighted by Crippen LogP contribution is -2.20. The van der Waals surface area contributed by atoms with E-state index in [0.717, 1.165) is 0 Å². The fourth-order valence-corrected chi connectivity index (χ4v) is 2.75. The van der Waals surface area contributed by atoms with E-state index in [0.29, 0.717) is 11.1 Å². The van der Waals surface area contributed by atoms with Crippen molar-refractivity contribution in [3.63, 3.8) is 0 Å². The van der Waals surface area contributed by atoms with Gasteiger partial charge in [-0.25, -0.2) is 14.0 Å². The number of ether oxygens (including phenoxy) is 2. The number of pyridine rings is 2. The van der Waals surface area contributed by atoms with Crippen molar-refractivity contribution in [2.75, 3.05) is 6.61 Å². The van der Waals surface area contributed by atoms with Gasteiger partial charge < -0.3 is 19.6 Å². The van der Waals surface area contributed by atoms with E-state index in [9.17, 15) is 18.8 Å². The number of benzene rings is 1. The average Bonchev–Trinajstić information content (AvgIpc) is 2.71. The molecule has 3 aromatic rings. The first-order valence-corrected chi connectivity index (χ1v) is 8.86. The monoisotopic (exact) mass is 412 g/mol. The molecule has 0 amide bonds. The van der Waals surface area contributed by atoms with Crippen molar-refractivity contribution in [1.82, 2.24) is 9.97 Å². The highest BCUT2D eigenvalue weighted by Gasteiger charge is 2.20. The third kappa shape index (κ3) is 4.35. The van der Waals surface area contributed by atoms with Crippen molar-refractivity contribution in [2.24, 2.45) is 0 Å². The third-order valence-corrected chi connectivity index (χ3v) is 4.17. The molecule has 0 radical (unpaired) electrons. The molecule has 8 nitrogen and oxygen atoms in total. The molecule has 2 N–H and O–H groups in total. The molecule has 0 unspecified atom stereocenters. The molecule has 154 valence electrons. The summed E-state index contributed by atoms with van der Waals surface area (Å²) in [7, 11) is 0. The minimum absolute atomic E-state index is 0.0178. The van der Waals surface area contributed by atoms with E-state index in [4.69, 9.17) is 14.6 Å². The van der Waals surface area contributed by atoms with Crippen LogP contribution in [0.15, 0.2) is 53.7 Å². The van der Waals surface area contributed by atoms with Crippen LogP contribution in [0.5, 0.6) is 5.75 Å². The van der Waals surface area contributed by atoms with Crippen molar-refractivity contribution in [3.05, 3.63) is 81.7 Å². The quantitative estimate of drug-likeness (QED) is 0.348. The Bertz CT molecular complexity index is 1200. The van der Waals surface area contributed by atoms with Crippen molar-refractivity contribution < 1.29 is 28.6 Å². The van der Waals surface area contributed by atoms with Crippen molar-refractivity contribution in [2.45, 2.75) is 13.3 Å². The Morgan fingerprint density at radius 3 is 2.60 bits per heavy atom. The molecule has 0 bridgehead atoms. The molecule has 30 heavy (non-hydrogen) atoms. The molecule has 3 rings (SSSR count). The number of rotatable bonds is 7. The van der Waals surface area contributed by atoms with Crippen LogP contribution in [-0.2, 0) is 16.0 Å². The van der Waals surface area contributed by atoms with E-state index in [1.165, 1.54) is 24.4 Å². The molecule has 0 fully saturated rings. The Hall–Kier alpha value is -4.01. The average molecular weight is 412 g/mol. The summed E-state index contributed by atoms with van der Waals surface area (Å²) in [5, 5.41) is 9.14. The van der Waals surface area contributed by atoms with Crippen LogP contribution in [0.1, 0.15) is 28.4 Å². The number of H-pyrrole nitrogens is 1. The van der Waals surface area contributed by atoms with Crippen LogP contribution in [0.3, 0.4) is 0 Å². The van der Waals surface area contributed by atoms with E-state index in [1.807, 2.05) is 0 Å². The molecular weight excluding hydrogens is 395 g/mol. The fraction of sp³-hybridized carbons (Fsp3) is 0.143. The maximum Gasteiger partial charge on any atom is 0.371 e. The van der Waals surface area contributed by atoms with Crippen LogP contribution in [0.25, 0.3) is 11.0 Å². The Kier molecular flexibility index (Phi) is 5.91. The van der Waals surface area contributed by atoms with Gasteiger partial charge in [-0.05, 0) is 37.3 Å². The Labute approximate surface area is 169 Å². The number of fused-ring (bicyclic) bond motifs is 1. The predicted octanol–water partition coefficient (Wildman–Crippen LogP) is 2.81. The van der Waals surface area contributed by atoms with Crippen LogP contribution < -0.4 is 10.3 Å². The first-order chi connectivity index (χ1) is 14.3. The van der Waals surface area contributed by atoms with Gasteiger partial charge in [0.05, 0.1) is 12.1 Å². The predicted molar refractivity (Wildman–Crippen MR) is 105 cm³/mol. The Balaban J connectivity index is 2.15. The van der Waals surface area contributed by atoms with Gasteiger partial charge in [0.1, 0.15) is 16.9 Å². The number of esters is 1. The standard InChI is InChI=1S/C21H17FN2O6/c1-3-29-21(28)15-9-16-17(24-19(15)25)18(30-11(2)20(26)27)13(10-23-16)8-12-4-6-14(22)7-5-12/h4-7,9-10H,2-3,8H2,1H3,(H,24,25)(H,26,27). The Morgan fingerprint density at radius 2 is 1.97 bits per heavy atom. The summed E-state index contributed by atoms with van der Waals surface area (Å²) in [6.45, 7) is 5.05. The van der Waals surface area contributed by atoms with Gasteiger partial charge in [-0.3, -0.25) is 9.78 Å². The maximum atomic E-state index is 13.2. The summed E-state index contributed by atoms with van der Waals surface area (Å²) in [5.41, 5.74) is 0.423. The number of aliphatic carboxylic acids is 1. The normalized spacial score (nSPS) is 10.6. The highest BCUT2D eigenvalue weighted by Crippen LogP contribution is 2.30. The summed E-state index contributed by atoms with van der Waals surface area (Å²) in [4.78, 5) is 42.3. The van der Waals surface area contributed by atoms with Gasteiger partial charge in [0.25, 0.3) is 5.56 Å². The number of carboxylic acid groups (broad SMARTS) is 1. The zero-order chi connectivity index (χ0) is 21.8. The minimum Gasteiger partial charge on any atom is -0.475 e. The highest BCUT2D eigenvalue weighted by atomic mass is 19.1. The molecule has 0 atom stereocenters. The fourth-order valence-electron chi connectivity index (χ4n) is 2.75. The number of carbonyl (C=O) groups excluding carboxylic acids is 1. The van der Waals surface area contributed by atoms with Crippen molar-refractivity contribution in [3.8, 4) is 5.75 Å². The number of halogens is 1. The van der Waals surface area contributed by atoms with Gasteiger partial charge in [0, 0.05) is 18.2 Å². The van der Waals surface area contributed by atoms with E-state index in [-0.39, 0.29) is 35.4 Å². The van der Waals surface area contributed by atoms with Crippen LogP contribution in [-0.4, -0.2) is 33.6 Å². The van der Waals surface area contributed by atoms with E-state index >= 15 is 0 Å². The number of carboxylic acids is 1. The molecule has 0 spiro atoms. The van der Waals surface area contributed by atoms with Crippen molar-refractivity contribution >= 4 is 23.0 Å².